The van der Waals surface area contributed by atoms with Gasteiger partial charge in [0.2, 0.25) is 0 Å². The van der Waals surface area contributed by atoms with Crippen LogP contribution in [0.15, 0.2) is 48.8 Å². The highest BCUT2D eigenvalue weighted by Gasteiger charge is 2.32. The number of aliphatic hydroxyl groups is 1. The number of nitrogens with one attached hydrogen (secondary N) is 3. The Labute approximate surface area is 217 Å². The quantitative estimate of drug-likeness (QED) is 0.304. The van der Waals surface area contributed by atoms with Crippen molar-refractivity contribution in [2.24, 2.45) is 5.41 Å². The second-order valence-electron chi connectivity index (χ2n) is 10.3. The van der Waals surface area contributed by atoms with E-state index in [-0.39, 0.29) is 5.41 Å². The van der Waals surface area contributed by atoms with E-state index in [4.69, 9.17) is 4.74 Å². The number of hydrogen-bond acceptors (Lipinski definition) is 6. The number of carbonyl (C=O) groups excluding carboxylic acids is 2. The Hall–Kier alpha value is -3.66. The molecule has 3 rings (SSSR count). The number of rotatable bonds is 11. The van der Waals surface area contributed by atoms with Crippen LogP contribution in [0.2, 0.25) is 0 Å². The minimum absolute atomic E-state index is 0.352. The minimum Gasteiger partial charge on any atom is -0.444 e. The summed E-state index contributed by atoms with van der Waals surface area (Å²) in [5.41, 5.74) is 2.64. The molecule has 0 aliphatic heterocycles. The topological polar surface area (TPSA) is 134 Å². The normalized spacial score (nSPS) is 14.0. The molecule has 1 aromatic carbocycles. The number of unbranched alkanes of at least 4 members (excludes halogenated alkanes) is 1. The molecule has 3 atom stereocenters. The lowest BCUT2D eigenvalue weighted by atomic mass is 9.89. The molecule has 0 spiro atoms. The number of alkyl carbamates (subject to hydrolysis) is 1. The highest BCUT2D eigenvalue weighted by atomic mass is 16.6. The molecule has 37 heavy (non-hydrogen) atoms. The van der Waals surface area contributed by atoms with E-state index < -0.39 is 30.3 Å². The molecule has 0 aliphatic carbocycles. The third kappa shape index (κ3) is 8.18. The molecule has 0 radical (unpaired) electrons. The number of nitrogens with zero attached hydrogens (tertiary/aromatic N) is 3. The summed E-state index contributed by atoms with van der Waals surface area (Å²) < 4.78 is 7.59. The highest BCUT2D eigenvalue weighted by molar-refractivity contribution is 5.94. The first-order chi connectivity index (χ1) is 17.6. The van der Waals surface area contributed by atoms with Crippen LogP contribution in [0.25, 0.3) is 11.3 Å². The predicted molar refractivity (Wildman–Crippen MR) is 142 cm³/mol. The van der Waals surface area contributed by atoms with E-state index in [2.05, 4.69) is 25.9 Å². The van der Waals surface area contributed by atoms with Gasteiger partial charge in [-0.2, -0.15) is 10.2 Å². The van der Waals surface area contributed by atoms with E-state index in [9.17, 15) is 14.7 Å². The van der Waals surface area contributed by atoms with E-state index in [1.165, 1.54) is 11.8 Å². The Morgan fingerprint density at radius 2 is 1.89 bits per heavy atom. The number of carbonyl (C=O) groups is 2. The van der Waals surface area contributed by atoms with Gasteiger partial charge < -0.3 is 20.5 Å². The summed E-state index contributed by atoms with van der Waals surface area (Å²) in [6.45, 7) is 10.3. The molecule has 0 fully saturated rings. The van der Waals surface area contributed by atoms with Crippen molar-refractivity contribution in [3.63, 3.8) is 0 Å². The molecule has 0 bridgehead atoms. The van der Waals surface area contributed by atoms with Crippen LogP contribution in [-0.4, -0.2) is 55.3 Å². The average molecular weight is 511 g/mol. The molecule has 2 amide bonds. The number of aliphatic hydroxyl groups excluding tert-OH is 1. The summed E-state index contributed by atoms with van der Waals surface area (Å²) >= 11 is 0. The summed E-state index contributed by atoms with van der Waals surface area (Å²) in [6, 6.07) is 10.8. The molecule has 2 heterocycles. The van der Waals surface area contributed by atoms with Crippen molar-refractivity contribution >= 4 is 17.8 Å². The zero-order chi connectivity index (χ0) is 27.0. The van der Waals surface area contributed by atoms with Crippen molar-refractivity contribution in [1.29, 1.82) is 0 Å². The number of aryl methyl sites for hydroxylation is 1. The molecule has 0 saturated heterocycles. The van der Waals surface area contributed by atoms with Gasteiger partial charge in [0.25, 0.3) is 5.91 Å². The zero-order valence-corrected chi connectivity index (χ0v) is 22.2. The van der Waals surface area contributed by atoms with Crippen molar-refractivity contribution in [3.8, 4) is 11.3 Å². The second-order valence-corrected chi connectivity index (χ2v) is 10.3. The fourth-order valence-corrected chi connectivity index (χ4v) is 3.76. The van der Waals surface area contributed by atoms with Crippen LogP contribution in [0.1, 0.15) is 52.5 Å². The SMILES string of the molecule is CCCC[C@H](NC(=O)O[C@H](Cn1ccc(-c2ccc(C)cc2)n1)C(C)(C)C)[C@H](O)C(=O)Nc1ccn[nH]1. The van der Waals surface area contributed by atoms with Crippen molar-refractivity contribution < 1.29 is 19.4 Å². The van der Waals surface area contributed by atoms with Gasteiger partial charge in [-0.25, -0.2) is 4.79 Å². The Bertz CT molecular complexity index is 1130. The summed E-state index contributed by atoms with van der Waals surface area (Å²) in [7, 11) is 0. The van der Waals surface area contributed by atoms with Gasteiger partial charge in [0.15, 0.2) is 6.10 Å². The Balaban J connectivity index is 1.66. The van der Waals surface area contributed by atoms with Gasteiger partial charge in [-0.3, -0.25) is 14.6 Å². The molecule has 10 heteroatoms. The van der Waals surface area contributed by atoms with Gasteiger partial charge in [0.1, 0.15) is 11.9 Å². The Morgan fingerprint density at radius 1 is 1.16 bits per heavy atom. The maximum absolute atomic E-state index is 12.9. The molecule has 0 aliphatic rings. The molecule has 0 unspecified atom stereocenters. The Kier molecular flexibility index (Phi) is 9.46. The largest absolute Gasteiger partial charge is 0.444 e. The number of aromatic nitrogens is 4. The van der Waals surface area contributed by atoms with Crippen LogP contribution < -0.4 is 10.6 Å². The van der Waals surface area contributed by atoms with Crippen LogP contribution in [0.4, 0.5) is 10.6 Å². The first-order valence-electron chi connectivity index (χ1n) is 12.6. The van der Waals surface area contributed by atoms with Crippen LogP contribution in [0.3, 0.4) is 0 Å². The smallest absolute Gasteiger partial charge is 0.407 e. The average Bonchev–Trinajstić information content (AvgIpc) is 3.53. The maximum Gasteiger partial charge on any atom is 0.407 e. The number of amides is 2. The second kappa shape index (κ2) is 12.5. The van der Waals surface area contributed by atoms with Gasteiger partial charge in [0.05, 0.1) is 24.5 Å². The lowest BCUT2D eigenvalue weighted by Gasteiger charge is -2.31. The zero-order valence-electron chi connectivity index (χ0n) is 22.2. The lowest BCUT2D eigenvalue weighted by Crippen LogP contribution is -2.50. The summed E-state index contributed by atoms with van der Waals surface area (Å²) in [6.07, 6.45) is 2.67. The summed E-state index contributed by atoms with van der Waals surface area (Å²) in [4.78, 5) is 25.5. The van der Waals surface area contributed by atoms with E-state index in [0.717, 1.165) is 24.1 Å². The van der Waals surface area contributed by atoms with Crippen LogP contribution in [0, 0.1) is 12.3 Å². The fraction of sp³-hybridized carbons (Fsp3) is 0.481. The number of H-pyrrole nitrogens is 1. The molecule has 2 aromatic heterocycles. The highest BCUT2D eigenvalue weighted by Crippen LogP contribution is 2.25. The molecule has 0 saturated carbocycles. The van der Waals surface area contributed by atoms with Crippen LogP contribution >= 0.6 is 0 Å². The van der Waals surface area contributed by atoms with E-state index in [1.807, 2.05) is 71.1 Å². The van der Waals surface area contributed by atoms with Gasteiger partial charge >= 0.3 is 6.09 Å². The molecular weight excluding hydrogens is 472 g/mol. The van der Waals surface area contributed by atoms with Crippen LogP contribution in [0.5, 0.6) is 0 Å². The van der Waals surface area contributed by atoms with Gasteiger partial charge in [-0.05, 0) is 19.4 Å². The van der Waals surface area contributed by atoms with Gasteiger partial charge in [0, 0.05) is 23.2 Å². The van der Waals surface area contributed by atoms with E-state index >= 15 is 0 Å². The number of hydrogen-bond donors (Lipinski definition) is 4. The molecule has 3 aromatic rings. The minimum atomic E-state index is -1.46. The monoisotopic (exact) mass is 510 g/mol. The summed E-state index contributed by atoms with van der Waals surface area (Å²) in [5, 5.41) is 27.0. The molecule has 4 N–H and O–H groups in total. The van der Waals surface area contributed by atoms with Crippen molar-refractivity contribution in [2.75, 3.05) is 5.32 Å². The van der Waals surface area contributed by atoms with E-state index in [1.54, 1.807) is 10.7 Å². The lowest BCUT2D eigenvalue weighted by molar-refractivity contribution is -0.125. The molecular formula is C27H38N6O4. The van der Waals surface area contributed by atoms with Crippen LogP contribution in [-0.2, 0) is 16.1 Å². The third-order valence-corrected chi connectivity index (χ3v) is 6.14. The standard InChI is InChI=1S/C27H38N6O4/c1-6-7-8-21(24(34)25(35)30-23-13-15-28-31-23)29-26(36)37-22(27(3,4)5)17-33-16-14-20(32-33)19-11-9-18(2)10-12-19/h9-16,21-22,24,34H,6-8,17H2,1-5H3,(H,29,36)(H2,28,30,31,35)/t21-,22+,24-/m0/s1. The number of aromatic amines is 1. The van der Waals surface area contributed by atoms with Crippen molar-refractivity contribution in [3.05, 3.63) is 54.4 Å². The number of benzene rings is 1. The van der Waals surface area contributed by atoms with Gasteiger partial charge in [-0.1, -0.05) is 70.4 Å². The Morgan fingerprint density at radius 3 is 2.51 bits per heavy atom. The summed E-state index contributed by atoms with van der Waals surface area (Å²) in [5.74, 6) is -0.281. The number of ether oxygens (including phenoxy) is 1. The molecule has 200 valence electrons. The number of anilines is 1. The predicted octanol–water partition coefficient (Wildman–Crippen LogP) is 4.28. The van der Waals surface area contributed by atoms with E-state index in [0.29, 0.717) is 18.8 Å². The molecule has 10 nitrogen and oxygen atoms in total. The van der Waals surface area contributed by atoms with Gasteiger partial charge in [-0.15, -0.1) is 0 Å². The first kappa shape index (κ1) is 27.9. The first-order valence-corrected chi connectivity index (χ1v) is 12.6. The van der Waals surface area contributed by atoms with Crippen molar-refractivity contribution in [1.82, 2.24) is 25.3 Å². The van der Waals surface area contributed by atoms with Crippen molar-refractivity contribution in [2.45, 2.75) is 78.7 Å². The fourth-order valence-electron chi connectivity index (χ4n) is 3.76. The third-order valence-electron chi connectivity index (χ3n) is 6.14. The maximum atomic E-state index is 12.9.